The van der Waals surface area contributed by atoms with Crippen molar-refractivity contribution in [2.45, 2.75) is 52.4 Å². The van der Waals surface area contributed by atoms with Gasteiger partial charge in [0.15, 0.2) is 0 Å². The molecule has 0 heteroatoms. The third-order valence-corrected chi connectivity index (χ3v) is 2.61. The Labute approximate surface area is 119 Å². The minimum absolute atomic E-state index is 0.966. The molecule has 0 fully saturated rings. The molecule has 0 aliphatic heterocycles. The Morgan fingerprint density at radius 2 is 1.89 bits per heavy atom. The monoisotopic (exact) mass is 254 g/mol. The molecular formula is C19H26. The highest BCUT2D eigenvalue weighted by molar-refractivity contribution is 5.31. The third-order valence-electron chi connectivity index (χ3n) is 2.61. The molecule has 0 N–H and O–H groups in total. The van der Waals surface area contributed by atoms with Crippen LogP contribution in [0, 0.1) is 11.8 Å². The van der Waals surface area contributed by atoms with Crippen LogP contribution in [0.25, 0.3) is 0 Å². The second kappa shape index (κ2) is 12.7. The van der Waals surface area contributed by atoms with Gasteiger partial charge in [-0.1, -0.05) is 17.6 Å². The summed E-state index contributed by atoms with van der Waals surface area (Å²) in [4.78, 5) is 0. The Kier molecular flexibility index (Phi) is 11.6. The zero-order valence-corrected chi connectivity index (χ0v) is 12.5. The average Bonchev–Trinajstić information content (AvgIpc) is 2.38. The van der Waals surface area contributed by atoms with Crippen LogP contribution in [0.3, 0.4) is 0 Å². The molecule has 0 aliphatic rings. The van der Waals surface area contributed by atoms with Crippen molar-refractivity contribution < 1.29 is 0 Å². The summed E-state index contributed by atoms with van der Waals surface area (Å²) in [7, 11) is 0. The molecule has 0 aromatic carbocycles. The third kappa shape index (κ3) is 12.5. The van der Waals surface area contributed by atoms with E-state index >= 15 is 0 Å². The smallest absolute Gasteiger partial charge is 0.00294 e. The number of allylic oxidation sites excluding steroid dienone is 5. The largest absolute Gasteiger partial charge is 0.125 e. The molecule has 102 valence electrons. The van der Waals surface area contributed by atoms with E-state index in [0.717, 1.165) is 31.3 Å². The highest BCUT2D eigenvalue weighted by atomic mass is 14.0. The summed E-state index contributed by atoms with van der Waals surface area (Å²) in [5.41, 5.74) is 5.55. The van der Waals surface area contributed by atoms with Gasteiger partial charge >= 0.3 is 0 Å². The van der Waals surface area contributed by atoms with Crippen molar-refractivity contribution in [3.8, 4) is 11.8 Å². The van der Waals surface area contributed by atoms with Crippen molar-refractivity contribution >= 4 is 0 Å². The van der Waals surface area contributed by atoms with Gasteiger partial charge in [0.1, 0.15) is 0 Å². The van der Waals surface area contributed by atoms with E-state index in [0.29, 0.717) is 0 Å². The molecule has 0 aliphatic carbocycles. The van der Waals surface area contributed by atoms with E-state index in [1.54, 1.807) is 0 Å². The molecule has 0 radical (unpaired) electrons. The summed E-state index contributed by atoms with van der Waals surface area (Å²) in [5.74, 6) is 6.08. The number of hydrogen-bond donors (Lipinski definition) is 0. The van der Waals surface area contributed by atoms with E-state index in [2.05, 4.69) is 49.8 Å². The van der Waals surface area contributed by atoms with Crippen LogP contribution in [-0.2, 0) is 0 Å². The minimum Gasteiger partial charge on any atom is -0.125 e. The van der Waals surface area contributed by atoms with Gasteiger partial charge in [-0.25, -0.2) is 0 Å². The summed E-state index contributed by atoms with van der Waals surface area (Å²) < 4.78 is 0. The summed E-state index contributed by atoms with van der Waals surface area (Å²) in [5, 5.41) is 0. The topological polar surface area (TPSA) is 0 Å². The van der Waals surface area contributed by atoms with E-state index in [-0.39, 0.29) is 0 Å². The van der Waals surface area contributed by atoms with Crippen LogP contribution in [0.5, 0.6) is 0 Å². The Bertz CT molecular complexity index is 415. The van der Waals surface area contributed by atoms with Gasteiger partial charge in [0, 0.05) is 5.57 Å². The van der Waals surface area contributed by atoms with Gasteiger partial charge in [-0.05, 0) is 70.6 Å². The standard InChI is InChI=1S/C19H26/c1-5-7-8-9-10-11-12-13-15-19(14-6-2)17-16-18(3)4/h5,11,13,15H,1,3,7-10,16-17H2,2,4H3/b19-15-. The quantitative estimate of drug-likeness (QED) is 0.161. The fraction of sp³-hybridized carbons (Fsp3) is 0.421. The molecule has 0 saturated heterocycles. The predicted octanol–water partition coefficient (Wildman–Crippen LogP) is 5.75. The molecule has 0 unspecified atom stereocenters. The van der Waals surface area contributed by atoms with Crippen molar-refractivity contribution in [3.05, 3.63) is 54.3 Å². The highest BCUT2D eigenvalue weighted by Crippen LogP contribution is 2.09. The maximum absolute atomic E-state index is 3.92. The normalized spacial score (nSPS) is 9.89. The average molecular weight is 254 g/mol. The van der Waals surface area contributed by atoms with Crippen LogP contribution < -0.4 is 0 Å². The van der Waals surface area contributed by atoms with Gasteiger partial charge in [-0.2, -0.15) is 0 Å². The molecule has 19 heavy (non-hydrogen) atoms. The van der Waals surface area contributed by atoms with Gasteiger partial charge in [-0.15, -0.1) is 24.8 Å². The lowest BCUT2D eigenvalue weighted by Gasteiger charge is -1.98. The Morgan fingerprint density at radius 3 is 2.53 bits per heavy atom. The van der Waals surface area contributed by atoms with Gasteiger partial charge < -0.3 is 0 Å². The Balaban J connectivity index is 4.19. The number of rotatable bonds is 9. The molecule has 0 atom stereocenters. The summed E-state index contributed by atoms with van der Waals surface area (Å²) >= 11 is 0. The van der Waals surface area contributed by atoms with Gasteiger partial charge in [0.2, 0.25) is 0 Å². The van der Waals surface area contributed by atoms with Gasteiger partial charge in [0.05, 0.1) is 0 Å². The van der Waals surface area contributed by atoms with Crippen LogP contribution in [0.15, 0.2) is 54.3 Å². The van der Waals surface area contributed by atoms with Gasteiger partial charge in [0.25, 0.3) is 0 Å². The lowest BCUT2D eigenvalue weighted by atomic mass is 10.1. The van der Waals surface area contributed by atoms with Crippen molar-refractivity contribution in [2.24, 2.45) is 0 Å². The van der Waals surface area contributed by atoms with Crippen molar-refractivity contribution in [1.82, 2.24) is 0 Å². The Morgan fingerprint density at radius 1 is 1.16 bits per heavy atom. The fourth-order valence-electron chi connectivity index (χ4n) is 1.53. The summed E-state index contributed by atoms with van der Waals surface area (Å²) in [6.07, 6.45) is 14.7. The van der Waals surface area contributed by atoms with E-state index in [1.165, 1.54) is 18.4 Å². The van der Waals surface area contributed by atoms with Crippen molar-refractivity contribution in [2.75, 3.05) is 0 Å². The van der Waals surface area contributed by atoms with Crippen LogP contribution in [0.1, 0.15) is 52.4 Å². The van der Waals surface area contributed by atoms with E-state index in [9.17, 15) is 0 Å². The van der Waals surface area contributed by atoms with Gasteiger partial charge in [-0.3, -0.25) is 0 Å². The lowest BCUT2D eigenvalue weighted by molar-refractivity contribution is 0.763. The Hall–Kier alpha value is -1.70. The zero-order valence-electron chi connectivity index (χ0n) is 12.5. The highest BCUT2D eigenvalue weighted by Gasteiger charge is 1.92. The van der Waals surface area contributed by atoms with Crippen LogP contribution >= 0.6 is 0 Å². The number of hydrogen-bond acceptors (Lipinski definition) is 0. The first-order valence-electron chi connectivity index (χ1n) is 6.98. The molecule has 0 heterocycles. The van der Waals surface area contributed by atoms with Crippen LogP contribution in [0.4, 0.5) is 0 Å². The summed E-state index contributed by atoms with van der Waals surface area (Å²) in [6.45, 7) is 11.6. The number of unbranched alkanes of at least 4 members (excludes halogenated alkanes) is 3. The molecule has 0 amide bonds. The first-order chi connectivity index (χ1) is 9.20. The molecule has 0 aromatic rings. The van der Waals surface area contributed by atoms with Crippen LogP contribution in [-0.4, -0.2) is 0 Å². The SMILES string of the molecule is C=CCCCCC=C=C/C=C(/C#CC)CCC(=C)C. The molecule has 0 spiro atoms. The second-order valence-electron chi connectivity index (χ2n) is 4.63. The lowest BCUT2D eigenvalue weighted by Crippen LogP contribution is -1.81. The molecule has 0 saturated carbocycles. The maximum Gasteiger partial charge on any atom is 0.00294 e. The molecular weight excluding hydrogens is 228 g/mol. The maximum atomic E-state index is 3.92. The second-order valence-corrected chi connectivity index (χ2v) is 4.63. The molecule has 0 aromatic heterocycles. The molecule has 0 bridgehead atoms. The zero-order chi connectivity index (χ0) is 14.3. The van der Waals surface area contributed by atoms with Crippen molar-refractivity contribution in [3.63, 3.8) is 0 Å². The fourth-order valence-corrected chi connectivity index (χ4v) is 1.53. The van der Waals surface area contributed by atoms with E-state index in [4.69, 9.17) is 0 Å². The minimum atomic E-state index is 0.966. The van der Waals surface area contributed by atoms with E-state index in [1.807, 2.05) is 19.1 Å². The molecule has 0 nitrogen and oxygen atoms in total. The first kappa shape index (κ1) is 17.3. The first-order valence-corrected chi connectivity index (χ1v) is 6.98. The van der Waals surface area contributed by atoms with Crippen molar-refractivity contribution in [1.29, 1.82) is 0 Å². The molecule has 0 rings (SSSR count). The predicted molar refractivity (Wildman–Crippen MR) is 86.9 cm³/mol. The van der Waals surface area contributed by atoms with E-state index < -0.39 is 0 Å². The van der Waals surface area contributed by atoms with Crippen LogP contribution in [0.2, 0.25) is 0 Å². The summed E-state index contributed by atoms with van der Waals surface area (Å²) in [6, 6.07) is 0.